The largest absolute Gasteiger partial charge is 0.390 e. The van der Waals surface area contributed by atoms with E-state index >= 15 is 0 Å². The van der Waals surface area contributed by atoms with Crippen LogP contribution in [0.4, 0.5) is 0 Å². The van der Waals surface area contributed by atoms with Crippen LogP contribution in [0.1, 0.15) is 12.8 Å². The first-order valence-electron chi connectivity index (χ1n) is 5.28. The second-order valence-electron chi connectivity index (χ2n) is 3.84. The lowest BCUT2D eigenvalue weighted by Gasteiger charge is -2.43. The molecule has 0 bridgehead atoms. The maximum absolute atomic E-state index is 3.33. The molecule has 1 N–H and O–H groups in total. The molecule has 4 heteroatoms. The lowest BCUT2D eigenvalue weighted by molar-refractivity contribution is -0.0422. The Morgan fingerprint density at radius 1 is 1.14 bits per heavy atom. The van der Waals surface area contributed by atoms with Crippen LogP contribution in [0.25, 0.3) is 0 Å². The SMILES string of the molecule is CNC1=C(SC)CN2CCCCN2C1. The van der Waals surface area contributed by atoms with Gasteiger partial charge in [-0.15, -0.1) is 11.8 Å². The molecule has 14 heavy (non-hydrogen) atoms. The Bertz CT molecular complexity index is 216. The third-order valence-electron chi connectivity index (χ3n) is 3.03. The molecule has 0 aromatic heterocycles. The molecule has 0 atom stereocenters. The fourth-order valence-electron chi connectivity index (χ4n) is 2.17. The van der Waals surface area contributed by atoms with Crippen LogP contribution in [-0.4, -0.2) is 49.5 Å². The maximum Gasteiger partial charge on any atom is 0.0540 e. The van der Waals surface area contributed by atoms with Crippen molar-refractivity contribution in [3.05, 3.63) is 10.6 Å². The van der Waals surface area contributed by atoms with Gasteiger partial charge in [-0.2, -0.15) is 0 Å². The molecule has 0 aromatic carbocycles. The van der Waals surface area contributed by atoms with E-state index in [0.717, 1.165) is 13.1 Å². The zero-order valence-electron chi connectivity index (χ0n) is 9.05. The first-order chi connectivity index (χ1) is 6.85. The van der Waals surface area contributed by atoms with Crippen LogP contribution in [0.2, 0.25) is 0 Å². The zero-order chi connectivity index (χ0) is 9.97. The van der Waals surface area contributed by atoms with Gasteiger partial charge in [0.15, 0.2) is 0 Å². The molecule has 1 saturated heterocycles. The summed E-state index contributed by atoms with van der Waals surface area (Å²) in [7, 11) is 2.03. The van der Waals surface area contributed by atoms with Crippen LogP contribution in [0.15, 0.2) is 10.6 Å². The van der Waals surface area contributed by atoms with Crippen molar-refractivity contribution in [3.8, 4) is 0 Å². The smallest absolute Gasteiger partial charge is 0.0540 e. The Labute approximate surface area is 90.5 Å². The van der Waals surface area contributed by atoms with Gasteiger partial charge < -0.3 is 5.32 Å². The number of rotatable bonds is 2. The second-order valence-corrected chi connectivity index (χ2v) is 4.74. The summed E-state index contributed by atoms with van der Waals surface area (Å²) in [5, 5.41) is 8.31. The van der Waals surface area contributed by atoms with E-state index in [4.69, 9.17) is 0 Å². The van der Waals surface area contributed by atoms with Crippen LogP contribution in [-0.2, 0) is 0 Å². The van der Waals surface area contributed by atoms with Gasteiger partial charge in [0.1, 0.15) is 0 Å². The topological polar surface area (TPSA) is 18.5 Å². The molecule has 2 aliphatic heterocycles. The average Bonchev–Trinajstić information content (AvgIpc) is 2.27. The molecule has 0 spiro atoms. The minimum absolute atomic E-state index is 1.08. The van der Waals surface area contributed by atoms with E-state index in [1.807, 2.05) is 18.8 Å². The Kier molecular flexibility index (Phi) is 3.36. The van der Waals surface area contributed by atoms with Crippen LogP contribution in [0.3, 0.4) is 0 Å². The van der Waals surface area contributed by atoms with Crippen molar-refractivity contribution < 1.29 is 0 Å². The first-order valence-corrected chi connectivity index (χ1v) is 6.51. The number of fused-ring (bicyclic) bond motifs is 1. The minimum Gasteiger partial charge on any atom is -0.390 e. The molecule has 2 aliphatic rings. The van der Waals surface area contributed by atoms with Crippen molar-refractivity contribution in [1.29, 1.82) is 0 Å². The van der Waals surface area contributed by atoms with Crippen LogP contribution in [0, 0.1) is 0 Å². The Morgan fingerprint density at radius 2 is 1.79 bits per heavy atom. The number of thioether (sulfide) groups is 1. The summed E-state index contributed by atoms with van der Waals surface area (Å²) in [5.41, 5.74) is 1.41. The molecule has 2 heterocycles. The quantitative estimate of drug-likeness (QED) is 0.740. The average molecular weight is 213 g/mol. The fraction of sp³-hybridized carbons (Fsp3) is 0.800. The summed E-state index contributed by atoms with van der Waals surface area (Å²) >= 11 is 1.88. The molecule has 1 fully saturated rings. The van der Waals surface area contributed by atoms with Gasteiger partial charge in [-0.05, 0) is 19.1 Å². The summed E-state index contributed by atoms with van der Waals surface area (Å²) in [5.74, 6) is 0. The van der Waals surface area contributed by atoms with Crippen molar-refractivity contribution in [1.82, 2.24) is 15.3 Å². The first kappa shape index (κ1) is 10.3. The monoisotopic (exact) mass is 213 g/mol. The minimum atomic E-state index is 1.08. The van der Waals surface area contributed by atoms with E-state index in [-0.39, 0.29) is 0 Å². The summed E-state index contributed by atoms with van der Waals surface area (Å²) in [6.45, 7) is 4.65. The highest BCUT2D eigenvalue weighted by Crippen LogP contribution is 2.25. The molecule has 0 aromatic rings. The van der Waals surface area contributed by atoms with Gasteiger partial charge >= 0.3 is 0 Å². The maximum atomic E-state index is 3.33. The van der Waals surface area contributed by atoms with E-state index < -0.39 is 0 Å². The van der Waals surface area contributed by atoms with E-state index in [2.05, 4.69) is 21.6 Å². The molecule has 0 amide bonds. The van der Waals surface area contributed by atoms with E-state index in [9.17, 15) is 0 Å². The van der Waals surface area contributed by atoms with Gasteiger partial charge in [0.25, 0.3) is 0 Å². The lowest BCUT2D eigenvalue weighted by atomic mass is 10.2. The number of nitrogens with one attached hydrogen (secondary N) is 1. The van der Waals surface area contributed by atoms with Crippen molar-refractivity contribution in [2.45, 2.75) is 12.8 Å². The van der Waals surface area contributed by atoms with Gasteiger partial charge in [0.05, 0.1) is 6.54 Å². The predicted molar refractivity (Wildman–Crippen MR) is 62.0 cm³/mol. The highest BCUT2D eigenvalue weighted by atomic mass is 32.2. The van der Waals surface area contributed by atoms with Crippen LogP contribution in [0.5, 0.6) is 0 Å². The van der Waals surface area contributed by atoms with Gasteiger partial charge in [-0.3, -0.25) is 0 Å². The third-order valence-corrected chi connectivity index (χ3v) is 3.90. The zero-order valence-corrected chi connectivity index (χ0v) is 9.86. The molecule has 0 aliphatic carbocycles. The molecule has 2 rings (SSSR count). The number of nitrogens with zero attached hydrogens (tertiary/aromatic N) is 2. The lowest BCUT2D eigenvalue weighted by Crippen LogP contribution is -2.52. The molecule has 0 unspecified atom stereocenters. The highest BCUT2D eigenvalue weighted by molar-refractivity contribution is 8.02. The Morgan fingerprint density at radius 3 is 2.36 bits per heavy atom. The standard InChI is InChI=1S/C10H19N3S/c1-11-9-7-12-5-3-4-6-13(12)8-10(9)14-2/h11H,3-8H2,1-2H3. The Hall–Kier alpha value is -0.190. The van der Waals surface area contributed by atoms with E-state index in [0.29, 0.717) is 0 Å². The normalized spacial score (nSPS) is 25.0. The molecule has 80 valence electrons. The van der Waals surface area contributed by atoms with Crippen LogP contribution >= 0.6 is 11.8 Å². The number of hydrogen-bond donors (Lipinski definition) is 1. The second kappa shape index (κ2) is 4.55. The van der Waals surface area contributed by atoms with Gasteiger partial charge in [-0.1, -0.05) is 0 Å². The third kappa shape index (κ3) is 1.92. The van der Waals surface area contributed by atoms with E-state index in [1.54, 1.807) is 0 Å². The predicted octanol–water partition coefficient (Wildman–Crippen LogP) is 1.11. The molecule has 3 nitrogen and oxygen atoms in total. The van der Waals surface area contributed by atoms with Crippen molar-refractivity contribution in [2.24, 2.45) is 0 Å². The number of hydrazine groups is 1. The summed E-state index contributed by atoms with van der Waals surface area (Å²) in [6.07, 6.45) is 4.88. The molecule has 0 saturated carbocycles. The van der Waals surface area contributed by atoms with E-state index in [1.165, 1.54) is 36.5 Å². The molecular weight excluding hydrogens is 194 g/mol. The summed E-state index contributed by atoms with van der Waals surface area (Å²) in [4.78, 5) is 1.51. The van der Waals surface area contributed by atoms with Crippen molar-refractivity contribution in [3.63, 3.8) is 0 Å². The molecule has 0 radical (unpaired) electrons. The summed E-state index contributed by atoms with van der Waals surface area (Å²) in [6, 6.07) is 0. The molecular formula is C10H19N3S. The Balaban J connectivity index is 2.11. The van der Waals surface area contributed by atoms with Gasteiger partial charge in [0, 0.05) is 37.3 Å². The number of hydrogen-bond acceptors (Lipinski definition) is 4. The van der Waals surface area contributed by atoms with Crippen LogP contribution < -0.4 is 5.32 Å². The van der Waals surface area contributed by atoms with Gasteiger partial charge in [0.2, 0.25) is 0 Å². The van der Waals surface area contributed by atoms with Crippen molar-refractivity contribution in [2.75, 3.05) is 39.5 Å². The number of likely N-dealkylation sites (N-methyl/N-ethyl adjacent to an activating group) is 1. The van der Waals surface area contributed by atoms with Crippen molar-refractivity contribution >= 4 is 11.8 Å². The fourth-order valence-corrected chi connectivity index (χ4v) is 2.86. The van der Waals surface area contributed by atoms with Gasteiger partial charge in [-0.25, -0.2) is 10.0 Å². The highest BCUT2D eigenvalue weighted by Gasteiger charge is 2.26. The summed E-state index contributed by atoms with van der Waals surface area (Å²) < 4.78 is 0.